The third-order valence-electron chi connectivity index (χ3n) is 2.17. The van der Waals surface area contributed by atoms with Crippen LogP contribution in [0.15, 0.2) is 29.6 Å². The van der Waals surface area contributed by atoms with Crippen molar-refractivity contribution in [2.45, 2.75) is 13.8 Å². The third-order valence-corrected chi connectivity index (χ3v) is 3.09. The molecular formula is C11H11Cl2SZr. The van der Waals surface area contributed by atoms with Crippen LogP contribution < -0.4 is 24.8 Å². The van der Waals surface area contributed by atoms with Gasteiger partial charge in [0.15, 0.2) is 0 Å². The summed E-state index contributed by atoms with van der Waals surface area (Å²) >= 11 is 1.80. The smallest absolute Gasteiger partial charge is 1.00 e. The van der Waals surface area contributed by atoms with Gasteiger partial charge in [-0.2, -0.15) is 23.0 Å². The van der Waals surface area contributed by atoms with E-state index >= 15 is 0 Å². The predicted molar refractivity (Wildman–Crippen MR) is 54.8 cm³/mol. The summed E-state index contributed by atoms with van der Waals surface area (Å²) in [6.07, 6.45) is 0. The Morgan fingerprint density at radius 2 is 1.87 bits per heavy atom. The quantitative estimate of drug-likeness (QED) is 0.516. The van der Waals surface area contributed by atoms with Crippen LogP contribution in [-0.4, -0.2) is 0 Å². The van der Waals surface area contributed by atoms with Crippen LogP contribution in [0.2, 0.25) is 0 Å². The number of thiophene rings is 1. The van der Waals surface area contributed by atoms with Crippen molar-refractivity contribution in [1.82, 2.24) is 0 Å². The van der Waals surface area contributed by atoms with Crippen LogP contribution >= 0.6 is 11.3 Å². The zero-order valence-electron chi connectivity index (χ0n) is 8.55. The zero-order valence-corrected chi connectivity index (χ0v) is 13.3. The van der Waals surface area contributed by atoms with Crippen LogP contribution in [0.3, 0.4) is 0 Å². The van der Waals surface area contributed by atoms with E-state index in [2.05, 4.69) is 43.5 Å². The van der Waals surface area contributed by atoms with E-state index in [0.29, 0.717) is 0 Å². The largest absolute Gasteiger partial charge is 3.00 e. The third kappa shape index (κ3) is 4.11. The molecule has 0 saturated carbocycles. The standard InChI is InChI=1S/C11H11S.2ClH.Zr/c1-8-6-10(7-9(8)2)11-4-3-5-12-11;;;/h3-7H,1-2H3;2*1H;/q-1;;;+3/p-2. The molecule has 0 amide bonds. The van der Waals surface area contributed by atoms with Gasteiger partial charge >= 0.3 is 26.2 Å². The first-order valence-electron chi connectivity index (χ1n) is 4.05. The molecule has 0 bridgehead atoms. The Morgan fingerprint density at radius 3 is 2.27 bits per heavy atom. The summed E-state index contributed by atoms with van der Waals surface area (Å²) in [6, 6.07) is 8.76. The maximum absolute atomic E-state index is 2.25. The van der Waals surface area contributed by atoms with Crippen molar-refractivity contribution >= 4 is 11.3 Å². The van der Waals surface area contributed by atoms with Gasteiger partial charge in [-0.3, -0.25) is 0 Å². The monoisotopic (exact) mass is 335 g/mol. The normalized spacial score (nSPS) is 8.40. The molecule has 15 heavy (non-hydrogen) atoms. The molecule has 0 N–H and O–H groups in total. The van der Waals surface area contributed by atoms with E-state index in [0.717, 1.165) is 0 Å². The van der Waals surface area contributed by atoms with Gasteiger partial charge in [0.2, 0.25) is 0 Å². The van der Waals surface area contributed by atoms with Gasteiger partial charge in [0.1, 0.15) is 0 Å². The number of halogens is 2. The fourth-order valence-corrected chi connectivity index (χ4v) is 2.04. The van der Waals surface area contributed by atoms with Crippen LogP contribution in [0.1, 0.15) is 11.1 Å². The maximum Gasteiger partial charge on any atom is 3.00 e. The summed E-state index contributed by atoms with van der Waals surface area (Å²) in [4.78, 5) is 1.37. The average molecular weight is 337 g/mol. The Hall–Kier alpha value is 0.513. The van der Waals surface area contributed by atoms with E-state index in [9.17, 15) is 0 Å². The van der Waals surface area contributed by atoms with Gasteiger partial charge < -0.3 is 24.8 Å². The molecule has 0 atom stereocenters. The molecule has 0 spiro atoms. The van der Waals surface area contributed by atoms with Gasteiger partial charge in [-0.1, -0.05) is 26.0 Å². The molecule has 0 nitrogen and oxygen atoms in total. The van der Waals surface area contributed by atoms with Gasteiger partial charge in [0.05, 0.1) is 0 Å². The van der Waals surface area contributed by atoms with Gasteiger partial charge in [0.25, 0.3) is 0 Å². The zero-order chi connectivity index (χ0) is 8.55. The average Bonchev–Trinajstić information content (AvgIpc) is 2.61. The minimum absolute atomic E-state index is 0. The van der Waals surface area contributed by atoms with Gasteiger partial charge in [0, 0.05) is 0 Å². The number of hydrogen-bond acceptors (Lipinski definition) is 1. The van der Waals surface area contributed by atoms with Crippen LogP contribution in [0.25, 0.3) is 10.4 Å². The van der Waals surface area contributed by atoms with Gasteiger partial charge in [-0.15, -0.1) is 17.2 Å². The topological polar surface area (TPSA) is 0 Å². The maximum atomic E-state index is 2.25. The molecule has 1 radical (unpaired) electrons. The van der Waals surface area contributed by atoms with E-state index in [1.54, 1.807) is 11.3 Å². The molecule has 1 heterocycles. The molecule has 0 aliphatic carbocycles. The molecule has 1 aromatic carbocycles. The van der Waals surface area contributed by atoms with Crippen molar-refractivity contribution in [1.29, 1.82) is 0 Å². The molecule has 0 aliphatic heterocycles. The Morgan fingerprint density at radius 1 is 1.20 bits per heavy atom. The second-order valence-electron chi connectivity index (χ2n) is 3.09. The summed E-state index contributed by atoms with van der Waals surface area (Å²) in [5, 5.41) is 2.12. The van der Waals surface area contributed by atoms with Gasteiger partial charge in [-0.25, -0.2) is 0 Å². The molecule has 79 valence electrons. The van der Waals surface area contributed by atoms with E-state index in [-0.39, 0.29) is 51.0 Å². The molecule has 4 heteroatoms. The van der Waals surface area contributed by atoms with Crippen molar-refractivity contribution in [2.24, 2.45) is 0 Å². The SMILES string of the molecule is Cc1cc(-c2cccs2)[cH-]c1C.[Cl-].[Cl-].[Zr+3]. The second-order valence-corrected chi connectivity index (χ2v) is 4.04. The van der Waals surface area contributed by atoms with Gasteiger partial charge in [-0.05, 0) is 10.3 Å². The summed E-state index contributed by atoms with van der Waals surface area (Å²) in [7, 11) is 0. The molecule has 0 aliphatic rings. The molecule has 0 unspecified atom stereocenters. The molecule has 2 rings (SSSR count). The van der Waals surface area contributed by atoms with Crippen molar-refractivity contribution < 1.29 is 51.0 Å². The molecule has 0 saturated heterocycles. The predicted octanol–water partition coefficient (Wildman–Crippen LogP) is -2.24. The minimum atomic E-state index is 0. The number of aryl methyl sites for hydroxylation is 2. The van der Waals surface area contributed by atoms with Crippen LogP contribution in [-0.2, 0) is 26.2 Å². The number of hydrogen-bond donors (Lipinski definition) is 0. The van der Waals surface area contributed by atoms with Crippen LogP contribution in [0.5, 0.6) is 0 Å². The van der Waals surface area contributed by atoms with E-state index in [4.69, 9.17) is 0 Å². The van der Waals surface area contributed by atoms with Crippen molar-refractivity contribution in [3.05, 3.63) is 40.8 Å². The van der Waals surface area contributed by atoms with Crippen LogP contribution in [0, 0.1) is 13.8 Å². The fraction of sp³-hybridized carbons (Fsp3) is 0.182. The van der Waals surface area contributed by atoms with E-state index < -0.39 is 0 Å². The van der Waals surface area contributed by atoms with Crippen molar-refractivity contribution in [2.75, 3.05) is 0 Å². The second kappa shape index (κ2) is 7.73. The molecule has 0 fully saturated rings. The first-order chi connectivity index (χ1) is 5.77. The van der Waals surface area contributed by atoms with Crippen LogP contribution in [0.4, 0.5) is 0 Å². The van der Waals surface area contributed by atoms with Crippen molar-refractivity contribution in [3.63, 3.8) is 0 Å². The fourth-order valence-electron chi connectivity index (χ4n) is 1.32. The Kier molecular flexibility index (Phi) is 9.22. The summed E-state index contributed by atoms with van der Waals surface area (Å²) in [5.74, 6) is 0. The Balaban J connectivity index is 0. The Labute approximate surface area is 126 Å². The summed E-state index contributed by atoms with van der Waals surface area (Å²) < 4.78 is 0. The minimum Gasteiger partial charge on any atom is -1.00 e. The number of rotatable bonds is 1. The first kappa shape index (κ1) is 17.9. The Bertz CT molecular complexity index is 360. The molecular weight excluding hydrogens is 326 g/mol. The molecule has 2 aromatic rings. The summed E-state index contributed by atoms with van der Waals surface area (Å²) in [6.45, 7) is 4.32. The molecule has 1 aromatic heterocycles. The first-order valence-corrected chi connectivity index (χ1v) is 4.93. The summed E-state index contributed by atoms with van der Waals surface area (Å²) in [5.41, 5.74) is 4.14. The van der Waals surface area contributed by atoms with E-state index in [1.807, 2.05) is 0 Å². The van der Waals surface area contributed by atoms with Crippen molar-refractivity contribution in [3.8, 4) is 10.4 Å². The van der Waals surface area contributed by atoms with E-state index in [1.165, 1.54) is 21.6 Å².